The normalized spacial score (nSPS) is 14.9. The molecule has 29 heavy (non-hydrogen) atoms. The number of hydrogen-bond acceptors (Lipinski definition) is 4. The maximum Gasteiger partial charge on any atom is 0.407 e. The topological polar surface area (TPSA) is 105 Å². The van der Waals surface area contributed by atoms with E-state index >= 15 is 0 Å². The predicted molar refractivity (Wildman–Crippen MR) is 111 cm³/mol. The molecule has 0 radical (unpaired) electrons. The third kappa shape index (κ3) is 5.40. The molecule has 1 aromatic carbocycles. The maximum absolute atomic E-state index is 12.4. The summed E-state index contributed by atoms with van der Waals surface area (Å²) < 4.78 is 6.98. The van der Waals surface area contributed by atoms with Crippen molar-refractivity contribution in [3.8, 4) is 0 Å². The minimum atomic E-state index is -0.533. The quantitative estimate of drug-likeness (QED) is 0.646. The molecule has 3 rings (SSSR count). The fourth-order valence-corrected chi connectivity index (χ4v) is 3.69. The van der Waals surface area contributed by atoms with Gasteiger partial charge in [-0.3, -0.25) is 9.36 Å². The molecule has 1 heterocycles. The van der Waals surface area contributed by atoms with Gasteiger partial charge in [-0.15, -0.1) is 0 Å². The number of alkyl carbamates (subject to hydrolysis) is 1. The van der Waals surface area contributed by atoms with Crippen LogP contribution >= 0.6 is 0 Å². The van der Waals surface area contributed by atoms with Crippen LogP contribution in [-0.2, 0) is 4.74 Å². The van der Waals surface area contributed by atoms with Gasteiger partial charge in [-0.25, -0.2) is 9.59 Å². The smallest absolute Gasteiger partial charge is 0.407 e. The highest BCUT2D eigenvalue weighted by Gasteiger charge is 2.21. The Morgan fingerprint density at radius 1 is 1.17 bits per heavy atom. The highest BCUT2D eigenvalue weighted by molar-refractivity contribution is 5.97. The van der Waals surface area contributed by atoms with Crippen molar-refractivity contribution in [3.63, 3.8) is 0 Å². The monoisotopic (exact) mass is 402 g/mol. The molecule has 2 aromatic rings. The van der Waals surface area contributed by atoms with Crippen molar-refractivity contribution >= 4 is 23.0 Å². The summed E-state index contributed by atoms with van der Waals surface area (Å²) in [4.78, 5) is 39.2. The highest BCUT2D eigenvalue weighted by atomic mass is 16.6. The second-order valence-corrected chi connectivity index (χ2v) is 8.51. The Morgan fingerprint density at radius 3 is 2.55 bits per heavy atom. The first-order valence-corrected chi connectivity index (χ1v) is 10.2. The second kappa shape index (κ2) is 8.71. The van der Waals surface area contributed by atoms with Gasteiger partial charge in [0, 0.05) is 24.7 Å². The van der Waals surface area contributed by atoms with Crippen LogP contribution in [0.2, 0.25) is 0 Å². The highest BCUT2D eigenvalue weighted by Crippen LogP contribution is 2.30. The van der Waals surface area contributed by atoms with Crippen LogP contribution in [0.15, 0.2) is 23.0 Å². The maximum atomic E-state index is 12.4. The average Bonchev–Trinajstić information content (AvgIpc) is 3.25. The number of amides is 2. The standard InChI is InChI=1S/C21H30N4O4/c1-21(2,3)29-20(28)23-12-6-11-22-18(26)14-9-10-17-16(13-14)24-19(27)25(17)15-7-4-5-8-15/h9-10,13,15H,4-8,11-12H2,1-3H3,(H,22,26)(H,23,28)(H,24,27). The zero-order valence-corrected chi connectivity index (χ0v) is 17.3. The molecule has 2 amide bonds. The molecular weight excluding hydrogens is 372 g/mol. The molecule has 1 saturated carbocycles. The number of benzene rings is 1. The molecule has 1 fully saturated rings. The molecule has 0 unspecified atom stereocenters. The average molecular weight is 402 g/mol. The van der Waals surface area contributed by atoms with Crippen LogP contribution in [0, 0.1) is 0 Å². The molecule has 1 aromatic heterocycles. The summed E-state index contributed by atoms with van der Waals surface area (Å²) in [5, 5.41) is 5.49. The minimum absolute atomic E-state index is 0.113. The van der Waals surface area contributed by atoms with Gasteiger partial charge in [-0.2, -0.15) is 0 Å². The fourth-order valence-electron chi connectivity index (χ4n) is 3.69. The molecular formula is C21H30N4O4. The summed E-state index contributed by atoms with van der Waals surface area (Å²) in [6.07, 6.45) is 4.45. The van der Waals surface area contributed by atoms with Crippen molar-refractivity contribution in [1.29, 1.82) is 0 Å². The molecule has 8 nitrogen and oxygen atoms in total. The molecule has 0 aliphatic heterocycles. The number of carbonyl (C=O) groups is 2. The summed E-state index contributed by atoms with van der Waals surface area (Å²) in [7, 11) is 0. The molecule has 1 aliphatic carbocycles. The molecule has 0 spiro atoms. The van der Waals surface area contributed by atoms with Gasteiger partial charge in [0.2, 0.25) is 0 Å². The number of aromatic nitrogens is 2. The van der Waals surface area contributed by atoms with Crippen molar-refractivity contribution in [3.05, 3.63) is 34.2 Å². The predicted octanol–water partition coefficient (Wildman–Crippen LogP) is 3.09. The van der Waals surface area contributed by atoms with Crippen molar-refractivity contribution in [2.24, 2.45) is 0 Å². The molecule has 0 saturated heterocycles. The van der Waals surface area contributed by atoms with Gasteiger partial charge in [-0.05, 0) is 58.2 Å². The largest absolute Gasteiger partial charge is 0.444 e. The van der Waals surface area contributed by atoms with Gasteiger partial charge in [0.1, 0.15) is 5.60 Å². The lowest BCUT2D eigenvalue weighted by Crippen LogP contribution is -2.34. The van der Waals surface area contributed by atoms with Crippen LogP contribution in [0.5, 0.6) is 0 Å². The lowest BCUT2D eigenvalue weighted by Gasteiger charge is -2.19. The minimum Gasteiger partial charge on any atom is -0.444 e. The van der Waals surface area contributed by atoms with E-state index in [1.54, 1.807) is 32.9 Å². The number of fused-ring (bicyclic) bond motifs is 1. The molecule has 3 N–H and O–H groups in total. The summed E-state index contributed by atoms with van der Waals surface area (Å²) in [6, 6.07) is 5.55. The number of imidazole rings is 1. The Balaban J connectivity index is 1.52. The van der Waals surface area contributed by atoms with Crippen LogP contribution in [-0.4, -0.2) is 40.2 Å². The lowest BCUT2D eigenvalue weighted by molar-refractivity contribution is 0.0527. The molecule has 0 atom stereocenters. The number of ether oxygens (including phenoxy) is 1. The first-order valence-electron chi connectivity index (χ1n) is 10.2. The number of H-pyrrole nitrogens is 1. The van der Waals surface area contributed by atoms with Crippen LogP contribution in [0.1, 0.15) is 69.3 Å². The van der Waals surface area contributed by atoms with Gasteiger partial charge in [0.05, 0.1) is 11.0 Å². The number of aromatic amines is 1. The number of rotatable bonds is 6. The van der Waals surface area contributed by atoms with Gasteiger partial charge < -0.3 is 20.4 Å². The Hall–Kier alpha value is -2.77. The second-order valence-electron chi connectivity index (χ2n) is 8.51. The van der Waals surface area contributed by atoms with Crippen molar-refractivity contribution in [2.45, 2.75) is 64.5 Å². The van der Waals surface area contributed by atoms with E-state index in [-0.39, 0.29) is 17.6 Å². The van der Waals surface area contributed by atoms with E-state index in [0.29, 0.717) is 30.6 Å². The molecule has 1 aliphatic rings. The zero-order chi connectivity index (χ0) is 21.0. The Morgan fingerprint density at radius 2 is 1.86 bits per heavy atom. The Labute approximate surface area is 170 Å². The van der Waals surface area contributed by atoms with Crippen LogP contribution < -0.4 is 16.3 Å². The number of hydrogen-bond donors (Lipinski definition) is 3. The van der Waals surface area contributed by atoms with Gasteiger partial charge in [-0.1, -0.05) is 12.8 Å². The molecule has 158 valence electrons. The van der Waals surface area contributed by atoms with Crippen molar-refractivity contribution < 1.29 is 14.3 Å². The first-order chi connectivity index (χ1) is 13.7. The molecule has 0 bridgehead atoms. The van der Waals surface area contributed by atoms with Crippen molar-refractivity contribution in [1.82, 2.24) is 20.2 Å². The number of carbonyl (C=O) groups excluding carboxylic acids is 2. The SMILES string of the molecule is CC(C)(C)OC(=O)NCCCNC(=O)c1ccc2c(c1)[nH]c(=O)n2C1CCCC1. The van der Waals surface area contributed by atoms with Gasteiger partial charge in [0.25, 0.3) is 5.91 Å². The van der Waals surface area contributed by atoms with E-state index < -0.39 is 11.7 Å². The Kier molecular flexibility index (Phi) is 6.30. The van der Waals surface area contributed by atoms with E-state index in [0.717, 1.165) is 31.2 Å². The first kappa shape index (κ1) is 21.0. The van der Waals surface area contributed by atoms with E-state index in [9.17, 15) is 14.4 Å². The summed E-state index contributed by atoms with van der Waals surface area (Å²) in [5.74, 6) is -0.210. The van der Waals surface area contributed by atoms with E-state index in [4.69, 9.17) is 4.74 Å². The van der Waals surface area contributed by atoms with Crippen LogP contribution in [0.25, 0.3) is 11.0 Å². The lowest BCUT2D eigenvalue weighted by atomic mass is 10.1. The summed E-state index contributed by atoms with van der Waals surface area (Å²) in [5.41, 5.74) is 1.38. The summed E-state index contributed by atoms with van der Waals surface area (Å²) >= 11 is 0. The Bertz CT molecular complexity index is 932. The van der Waals surface area contributed by atoms with E-state index in [2.05, 4.69) is 15.6 Å². The van der Waals surface area contributed by atoms with Crippen LogP contribution in [0.3, 0.4) is 0 Å². The zero-order valence-electron chi connectivity index (χ0n) is 17.3. The van der Waals surface area contributed by atoms with E-state index in [1.807, 2.05) is 10.6 Å². The van der Waals surface area contributed by atoms with Gasteiger partial charge >= 0.3 is 11.8 Å². The van der Waals surface area contributed by atoms with E-state index in [1.165, 1.54) is 0 Å². The fraction of sp³-hybridized carbons (Fsp3) is 0.571. The number of nitrogens with one attached hydrogen (secondary N) is 3. The summed E-state index contributed by atoms with van der Waals surface area (Å²) in [6.45, 7) is 6.24. The van der Waals surface area contributed by atoms with Crippen LogP contribution in [0.4, 0.5) is 4.79 Å². The third-order valence-electron chi connectivity index (χ3n) is 4.98. The van der Waals surface area contributed by atoms with Crippen molar-refractivity contribution in [2.75, 3.05) is 13.1 Å². The number of nitrogens with zero attached hydrogens (tertiary/aromatic N) is 1. The van der Waals surface area contributed by atoms with Gasteiger partial charge in [0.15, 0.2) is 0 Å². The molecule has 8 heteroatoms. The third-order valence-corrected chi connectivity index (χ3v) is 4.98.